The van der Waals surface area contributed by atoms with E-state index < -0.39 is 0 Å². The van der Waals surface area contributed by atoms with Crippen molar-refractivity contribution >= 4 is 15.9 Å². The molecule has 0 spiro atoms. The van der Waals surface area contributed by atoms with Gasteiger partial charge in [-0.1, -0.05) is 15.9 Å². The second-order valence-electron chi connectivity index (χ2n) is 3.28. The van der Waals surface area contributed by atoms with Gasteiger partial charge in [0.1, 0.15) is 0 Å². The summed E-state index contributed by atoms with van der Waals surface area (Å²) < 4.78 is 2.64. The highest BCUT2D eigenvalue weighted by atomic mass is 79.9. The summed E-state index contributed by atoms with van der Waals surface area (Å²) in [6.07, 6.45) is 4.41. The fourth-order valence-corrected chi connectivity index (χ4v) is 1.53. The lowest BCUT2D eigenvalue weighted by molar-refractivity contribution is 0.606. The van der Waals surface area contributed by atoms with Crippen molar-refractivity contribution in [3.8, 4) is 0 Å². The smallest absolute Gasteiger partial charge is 0.251 e. The fraction of sp³-hybridized carbons (Fsp3) is 0.444. The Balaban J connectivity index is 2.24. The number of hydrogen-bond acceptors (Lipinski definition) is 1. The van der Waals surface area contributed by atoms with E-state index in [1.807, 2.05) is 12.3 Å². The first-order chi connectivity index (χ1) is 5.75. The Morgan fingerprint density at radius 2 is 2.33 bits per heavy atom. The molecule has 0 radical (unpaired) electrons. The third kappa shape index (κ3) is 1.78. The van der Waals surface area contributed by atoms with Crippen molar-refractivity contribution in [2.45, 2.75) is 19.4 Å². The van der Waals surface area contributed by atoms with Gasteiger partial charge in [-0.3, -0.25) is 4.79 Å². The van der Waals surface area contributed by atoms with Gasteiger partial charge in [0, 0.05) is 23.3 Å². The number of halogens is 1. The van der Waals surface area contributed by atoms with Gasteiger partial charge in [-0.25, -0.2) is 0 Å². The topological polar surface area (TPSA) is 22.0 Å². The van der Waals surface area contributed by atoms with Crippen LogP contribution in [0.15, 0.2) is 27.6 Å². The van der Waals surface area contributed by atoms with E-state index in [-0.39, 0.29) is 5.56 Å². The van der Waals surface area contributed by atoms with Crippen LogP contribution in [-0.2, 0) is 6.54 Å². The van der Waals surface area contributed by atoms with Crippen LogP contribution in [0.3, 0.4) is 0 Å². The number of hydrogen-bond donors (Lipinski definition) is 0. The van der Waals surface area contributed by atoms with Gasteiger partial charge in [0.25, 0.3) is 5.56 Å². The van der Waals surface area contributed by atoms with Crippen molar-refractivity contribution in [1.29, 1.82) is 0 Å². The van der Waals surface area contributed by atoms with Crippen LogP contribution in [0, 0.1) is 5.92 Å². The second-order valence-corrected chi connectivity index (χ2v) is 4.19. The molecular formula is C9H10BrNO. The van der Waals surface area contributed by atoms with Crippen molar-refractivity contribution in [3.63, 3.8) is 0 Å². The molecule has 1 saturated carbocycles. The summed E-state index contributed by atoms with van der Waals surface area (Å²) in [4.78, 5) is 11.3. The lowest BCUT2D eigenvalue weighted by Gasteiger charge is -2.02. The molecule has 64 valence electrons. The van der Waals surface area contributed by atoms with Crippen LogP contribution in [-0.4, -0.2) is 4.57 Å². The van der Waals surface area contributed by atoms with Crippen molar-refractivity contribution < 1.29 is 0 Å². The molecule has 2 rings (SSSR count). The Morgan fingerprint density at radius 3 is 2.92 bits per heavy atom. The maximum atomic E-state index is 11.3. The van der Waals surface area contributed by atoms with Crippen LogP contribution in [0.4, 0.5) is 0 Å². The molecule has 3 heteroatoms. The van der Waals surface area contributed by atoms with Crippen LogP contribution in [0.5, 0.6) is 0 Å². The molecule has 0 saturated heterocycles. The summed E-state index contributed by atoms with van der Waals surface area (Å²) in [5, 5.41) is 0. The average Bonchev–Trinajstić information content (AvgIpc) is 2.79. The third-order valence-corrected chi connectivity index (χ3v) is 2.60. The Bertz CT molecular complexity index is 341. The van der Waals surface area contributed by atoms with Crippen LogP contribution in [0.2, 0.25) is 0 Å². The molecule has 2 nitrogen and oxygen atoms in total. The lowest BCUT2D eigenvalue weighted by atomic mass is 10.4. The van der Waals surface area contributed by atoms with Gasteiger partial charge in [0.05, 0.1) is 0 Å². The molecule has 0 bridgehead atoms. The van der Waals surface area contributed by atoms with E-state index >= 15 is 0 Å². The van der Waals surface area contributed by atoms with E-state index in [2.05, 4.69) is 15.9 Å². The molecule has 1 aliphatic rings. The normalized spacial score (nSPS) is 16.4. The Labute approximate surface area is 79.3 Å². The minimum Gasteiger partial charge on any atom is -0.315 e. The van der Waals surface area contributed by atoms with Crippen molar-refractivity contribution in [2.75, 3.05) is 0 Å². The minimum absolute atomic E-state index is 0.0938. The third-order valence-electron chi connectivity index (χ3n) is 2.11. The highest BCUT2D eigenvalue weighted by molar-refractivity contribution is 9.10. The predicted octanol–water partition coefficient (Wildman–Crippen LogP) is 2.02. The SMILES string of the molecule is O=c1cc(Br)ccn1CC1CC1. The van der Waals surface area contributed by atoms with Gasteiger partial charge in [-0.05, 0) is 24.8 Å². The first-order valence-corrected chi connectivity index (χ1v) is 4.91. The number of rotatable bonds is 2. The molecular weight excluding hydrogens is 218 g/mol. The summed E-state index contributed by atoms with van der Waals surface area (Å²) in [5.74, 6) is 0.754. The van der Waals surface area contributed by atoms with Crippen molar-refractivity contribution in [1.82, 2.24) is 4.57 Å². The van der Waals surface area contributed by atoms with Crippen LogP contribution in [0.1, 0.15) is 12.8 Å². The summed E-state index contributed by atoms with van der Waals surface area (Å²) in [5.41, 5.74) is 0.0938. The van der Waals surface area contributed by atoms with Crippen molar-refractivity contribution in [3.05, 3.63) is 33.2 Å². The predicted molar refractivity (Wildman–Crippen MR) is 51.1 cm³/mol. The van der Waals surface area contributed by atoms with Crippen LogP contribution < -0.4 is 5.56 Å². The molecule has 1 aliphatic carbocycles. The zero-order valence-corrected chi connectivity index (χ0v) is 8.25. The van der Waals surface area contributed by atoms with Crippen LogP contribution >= 0.6 is 15.9 Å². The van der Waals surface area contributed by atoms with E-state index in [1.165, 1.54) is 12.8 Å². The molecule has 1 aromatic rings. The molecule has 1 aromatic heterocycles. The molecule has 0 aromatic carbocycles. The molecule has 1 fully saturated rings. The zero-order valence-electron chi connectivity index (χ0n) is 6.66. The molecule has 12 heavy (non-hydrogen) atoms. The minimum atomic E-state index is 0.0938. The number of pyridine rings is 1. The molecule has 0 amide bonds. The maximum Gasteiger partial charge on any atom is 0.251 e. The van der Waals surface area contributed by atoms with Crippen LogP contribution in [0.25, 0.3) is 0 Å². The number of nitrogens with zero attached hydrogens (tertiary/aromatic N) is 1. The van der Waals surface area contributed by atoms with E-state index in [0.717, 1.165) is 16.9 Å². The monoisotopic (exact) mass is 227 g/mol. The van der Waals surface area contributed by atoms with Gasteiger partial charge in [0.2, 0.25) is 0 Å². The summed E-state index contributed by atoms with van der Waals surface area (Å²) in [7, 11) is 0. The van der Waals surface area contributed by atoms with Gasteiger partial charge in [-0.15, -0.1) is 0 Å². The maximum absolute atomic E-state index is 11.3. The van der Waals surface area contributed by atoms with E-state index in [0.29, 0.717) is 0 Å². The number of aromatic nitrogens is 1. The second kappa shape index (κ2) is 3.05. The fourth-order valence-electron chi connectivity index (χ4n) is 1.21. The summed E-state index contributed by atoms with van der Waals surface area (Å²) in [6, 6.07) is 3.52. The van der Waals surface area contributed by atoms with Gasteiger partial charge in [-0.2, -0.15) is 0 Å². The first kappa shape index (κ1) is 8.05. The summed E-state index contributed by atoms with van der Waals surface area (Å²) >= 11 is 3.26. The quantitative estimate of drug-likeness (QED) is 0.758. The zero-order chi connectivity index (χ0) is 8.55. The summed E-state index contributed by atoms with van der Waals surface area (Å²) in [6.45, 7) is 0.895. The molecule has 0 aliphatic heterocycles. The highest BCUT2D eigenvalue weighted by Crippen LogP contribution is 2.29. The average molecular weight is 228 g/mol. The Morgan fingerprint density at radius 1 is 1.58 bits per heavy atom. The Kier molecular flexibility index (Phi) is 2.05. The Hall–Kier alpha value is -0.570. The van der Waals surface area contributed by atoms with Gasteiger partial charge < -0.3 is 4.57 Å². The standard InChI is InChI=1S/C9H10BrNO/c10-8-3-4-11(9(12)5-8)6-7-1-2-7/h3-5,7H,1-2,6H2. The van der Waals surface area contributed by atoms with E-state index in [4.69, 9.17) is 0 Å². The van der Waals surface area contributed by atoms with E-state index in [9.17, 15) is 4.79 Å². The molecule has 0 N–H and O–H groups in total. The molecule has 1 heterocycles. The largest absolute Gasteiger partial charge is 0.315 e. The van der Waals surface area contributed by atoms with Crippen molar-refractivity contribution in [2.24, 2.45) is 5.92 Å². The van der Waals surface area contributed by atoms with Gasteiger partial charge in [0.15, 0.2) is 0 Å². The lowest BCUT2D eigenvalue weighted by Crippen LogP contribution is -2.18. The molecule has 0 unspecified atom stereocenters. The highest BCUT2D eigenvalue weighted by Gasteiger charge is 2.21. The van der Waals surface area contributed by atoms with E-state index in [1.54, 1.807) is 10.6 Å². The molecule has 0 atom stereocenters. The first-order valence-electron chi connectivity index (χ1n) is 4.12. The van der Waals surface area contributed by atoms with Gasteiger partial charge >= 0.3 is 0 Å².